The van der Waals surface area contributed by atoms with Gasteiger partial charge in [0.2, 0.25) is 6.41 Å². The second-order valence-electron chi connectivity index (χ2n) is 6.11. The molecule has 0 bridgehead atoms. The van der Waals surface area contributed by atoms with E-state index in [0.717, 1.165) is 34.4 Å². The highest BCUT2D eigenvalue weighted by molar-refractivity contribution is 5.89. The number of amides is 1. The molecule has 0 spiro atoms. The number of aromatic amines is 1. The van der Waals surface area contributed by atoms with Gasteiger partial charge in [0.05, 0.1) is 18.3 Å². The minimum Gasteiger partial charge on any atom is -0.478 e. The fourth-order valence-electron chi connectivity index (χ4n) is 3.01. The van der Waals surface area contributed by atoms with E-state index in [1.54, 1.807) is 30.2 Å². The van der Waals surface area contributed by atoms with Gasteiger partial charge in [-0.3, -0.25) is 9.89 Å². The quantitative estimate of drug-likeness (QED) is 0.666. The third-order valence-electron chi connectivity index (χ3n) is 4.50. The second kappa shape index (κ2) is 7.23. The number of rotatable bonds is 6. The van der Waals surface area contributed by atoms with E-state index in [-0.39, 0.29) is 5.56 Å². The van der Waals surface area contributed by atoms with Crippen molar-refractivity contribution in [1.29, 1.82) is 0 Å². The van der Waals surface area contributed by atoms with E-state index >= 15 is 0 Å². The van der Waals surface area contributed by atoms with Gasteiger partial charge in [0.1, 0.15) is 0 Å². The van der Waals surface area contributed by atoms with Gasteiger partial charge >= 0.3 is 5.97 Å². The Morgan fingerprint density at radius 2 is 2.08 bits per heavy atom. The number of carbonyl (C=O) groups is 2. The Morgan fingerprint density at radius 3 is 2.69 bits per heavy atom. The average Bonchev–Trinajstić information content (AvgIpc) is 3.15. The van der Waals surface area contributed by atoms with Crippen molar-refractivity contribution in [3.05, 3.63) is 71.0 Å². The number of nitrogens with zero attached hydrogens (tertiary/aromatic N) is 2. The van der Waals surface area contributed by atoms with E-state index < -0.39 is 5.97 Å². The first-order chi connectivity index (χ1) is 12.5. The number of H-pyrrole nitrogens is 1. The lowest BCUT2D eigenvalue weighted by Gasteiger charge is -2.20. The van der Waals surface area contributed by atoms with Crippen molar-refractivity contribution < 1.29 is 14.7 Å². The molecule has 26 heavy (non-hydrogen) atoms. The molecule has 1 amide bonds. The topological polar surface area (TPSA) is 86.3 Å². The summed E-state index contributed by atoms with van der Waals surface area (Å²) in [5.41, 5.74) is 5.51. The third-order valence-corrected chi connectivity index (χ3v) is 4.50. The molecular formula is C20H19N3O3. The van der Waals surface area contributed by atoms with Gasteiger partial charge in [-0.1, -0.05) is 18.2 Å². The van der Waals surface area contributed by atoms with E-state index in [2.05, 4.69) is 10.2 Å². The van der Waals surface area contributed by atoms with Crippen LogP contribution in [0.25, 0.3) is 11.1 Å². The van der Waals surface area contributed by atoms with Gasteiger partial charge in [0.15, 0.2) is 0 Å². The largest absolute Gasteiger partial charge is 0.478 e. The zero-order valence-electron chi connectivity index (χ0n) is 14.6. The summed E-state index contributed by atoms with van der Waals surface area (Å²) in [5, 5.41) is 16.0. The molecule has 1 heterocycles. The maximum atomic E-state index is 11.7. The number of hydrogen-bond acceptors (Lipinski definition) is 3. The maximum Gasteiger partial charge on any atom is 0.335 e. The van der Waals surface area contributed by atoms with Gasteiger partial charge in [-0.05, 0) is 54.3 Å². The number of aromatic nitrogens is 2. The van der Waals surface area contributed by atoms with Crippen LogP contribution in [0, 0.1) is 13.8 Å². The smallest absolute Gasteiger partial charge is 0.335 e. The van der Waals surface area contributed by atoms with Crippen molar-refractivity contribution in [3.63, 3.8) is 0 Å². The van der Waals surface area contributed by atoms with Gasteiger partial charge in [-0.2, -0.15) is 5.10 Å². The van der Waals surface area contributed by atoms with E-state index in [1.165, 1.54) is 0 Å². The highest BCUT2D eigenvalue weighted by atomic mass is 16.4. The van der Waals surface area contributed by atoms with Crippen molar-refractivity contribution >= 4 is 18.1 Å². The minimum atomic E-state index is -0.970. The molecule has 1 aromatic heterocycles. The first-order valence-electron chi connectivity index (χ1n) is 8.14. The molecule has 0 unspecified atom stereocenters. The zero-order valence-corrected chi connectivity index (χ0v) is 14.6. The molecule has 0 aliphatic heterocycles. The monoisotopic (exact) mass is 349 g/mol. The molecule has 2 aromatic carbocycles. The molecule has 0 saturated heterocycles. The summed E-state index contributed by atoms with van der Waals surface area (Å²) in [7, 11) is 0. The summed E-state index contributed by atoms with van der Waals surface area (Å²) >= 11 is 0. The number of hydrogen-bond donors (Lipinski definition) is 2. The van der Waals surface area contributed by atoms with Crippen molar-refractivity contribution in [2.24, 2.45) is 0 Å². The zero-order chi connectivity index (χ0) is 18.7. The number of aryl methyl sites for hydroxylation is 1. The van der Waals surface area contributed by atoms with Gasteiger partial charge < -0.3 is 10.0 Å². The lowest BCUT2D eigenvalue weighted by Crippen LogP contribution is -2.21. The number of nitrogens with one attached hydrogen (secondary N) is 1. The number of anilines is 1. The highest BCUT2D eigenvalue weighted by Gasteiger charge is 2.14. The number of carboxylic acid groups (broad SMARTS) is 1. The van der Waals surface area contributed by atoms with Gasteiger partial charge in [-0.25, -0.2) is 4.79 Å². The number of benzene rings is 2. The maximum absolute atomic E-state index is 11.7. The molecule has 0 radical (unpaired) electrons. The first kappa shape index (κ1) is 17.4. The second-order valence-corrected chi connectivity index (χ2v) is 6.11. The number of carboxylic acids is 1. The average molecular weight is 349 g/mol. The van der Waals surface area contributed by atoms with Crippen LogP contribution in [0.15, 0.2) is 48.8 Å². The molecule has 6 heteroatoms. The Hall–Kier alpha value is -3.41. The Balaban J connectivity index is 1.91. The van der Waals surface area contributed by atoms with Gasteiger partial charge in [0, 0.05) is 17.4 Å². The number of carbonyl (C=O) groups excluding carboxylic acids is 1. The van der Waals surface area contributed by atoms with E-state index in [4.69, 9.17) is 0 Å². The summed E-state index contributed by atoms with van der Waals surface area (Å²) in [5.74, 6) is -0.970. The lowest BCUT2D eigenvalue weighted by atomic mass is 10.0. The van der Waals surface area contributed by atoms with Crippen LogP contribution < -0.4 is 4.90 Å². The van der Waals surface area contributed by atoms with Crippen LogP contribution in [0.4, 0.5) is 5.69 Å². The molecule has 0 aliphatic rings. The van der Waals surface area contributed by atoms with Crippen LogP contribution in [0.3, 0.4) is 0 Å². The summed E-state index contributed by atoms with van der Waals surface area (Å²) in [6.45, 7) is 4.04. The summed E-state index contributed by atoms with van der Waals surface area (Å²) in [4.78, 5) is 24.5. The predicted molar refractivity (Wildman–Crippen MR) is 99.1 cm³/mol. The van der Waals surface area contributed by atoms with E-state index in [0.29, 0.717) is 12.1 Å². The Labute approximate surface area is 151 Å². The minimum absolute atomic E-state index is 0.250. The SMILES string of the molecule is Cc1cc(N(C=O)Cc2cccc(C(=O)O)c2C)ccc1-c1cn[nH]c1. The van der Waals surface area contributed by atoms with Gasteiger partial charge in [-0.15, -0.1) is 0 Å². The summed E-state index contributed by atoms with van der Waals surface area (Å²) < 4.78 is 0. The first-order valence-corrected chi connectivity index (χ1v) is 8.14. The molecule has 3 rings (SSSR count). The van der Waals surface area contributed by atoms with Gasteiger partial charge in [0.25, 0.3) is 0 Å². The highest BCUT2D eigenvalue weighted by Crippen LogP contribution is 2.27. The van der Waals surface area contributed by atoms with Crippen molar-refractivity contribution in [2.75, 3.05) is 4.90 Å². The van der Waals surface area contributed by atoms with Crippen LogP contribution in [0.2, 0.25) is 0 Å². The molecule has 132 valence electrons. The Bertz CT molecular complexity index is 949. The normalized spacial score (nSPS) is 10.5. The van der Waals surface area contributed by atoms with Crippen LogP contribution in [0.5, 0.6) is 0 Å². The molecule has 0 saturated carbocycles. The van der Waals surface area contributed by atoms with Crippen molar-refractivity contribution in [3.8, 4) is 11.1 Å². The fourth-order valence-corrected chi connectivity index (χ4v) is 3.01. The van der Waals surface area contributed by atoms with Crippen LogP contribution in [0.1, 0.15) is 27.0 Å². The summed E-state index contributed by atoms with van der Waals surface area (Å²) in [6.07, 6.45) is 4.33. The standard InChI is InChI=1S/C20H19N3O3/c1-13-8-17(6-7-18(13)16-9-21-22-10-16)23(12-24)11-15-4-3-5-19(14(15)2)20(25)26/h3-10,12H,11H2,1-2H3,(H,21,22)(H,25,26). The predicted octanol–water partition coefficient (Wildman–Crippen LogP) is 3.55. The number of aromatic carboxylic acids is 1. The summed E-state index contributed by atoms with van der Waals surface area (Å²) in [6, 6.07) is 10.9. The van der Waals surface area contributed by atoms with E-state index in [1.807, 2.05) is 37.4 Å². The molecule has 2 N–H and O–H groups in total. The fraction of sp³-hybridized carbons (Fsp3) is 0.150. The van der Waals surface area contributed by atoms with Crippen molar-refractivity contribution in [1.82, 2.24) is 10.2 Å². The molecule has 3 aromatic rings. The van der Waals surface area contributed by atoms with E-state index in [9.17, 15) is 14.7 Å². The molecule has 6 nitrogen and oxygen atoms in total. The van der Waals surface area contributed by atoms with Crippen LogP contribution in [-0.2, 0) is 11.3 Å². The van der Waals surface area contributed by atoms with Crippen LogP contribution in [-0.4, -0.2) is 27.7 Å². The Kier molecular flexibility index (Phi) is 4.84. The Morgan fingerprint density at radius 1 is 1.27 bits per heavy atom. The molecule has 0 fully saturated rings. The molecule has 0 atom stereocenters. The lowest BCUT2D eigenvalue weighted by molar-refractivity contribution is -0.107. The third kappa shape index (κ3) is 3.35. The van der Waals surface area contributed by atoms with Crippen molar-refractivity contribution in [2.45, 2.75) is 20.4 Å². The molecular weight excluding hydrogens is 330 g/mol. The van der Waals surface area contributed by atoms with Crippen LogP contribution >= 0.6 is 0 Å². The molecule has 0 aliphatic carbocycles.